The van der Waals surface area contributed by atoms with Gasteiger partial charge in [0.1, 0.15) is 24.5 Å². The quantitative estimate of drug-likeness (QED) is 0.567. The van der Waals surface area contributed by atoms with Crippen LogP contribution < -0.4 is 5.32 Å². The van der Waals surface area contributed by atoms with Gasteiger partial charge in [-0.2, -0.15) is 5.10 Å². The zero-order valence-electron chi connectivity index (χ0n) is 23.6. The van der Waals surface area contributed by atoms with Crippen LogP contribution in [0.5, 0.6) is 0 Å². The van der Waals surface area contributed by atoms with Gasteiger partial charge >= 0.3 is 0 Å². The van der Waals surface area contributed by atoms with E-state index in [1.807, 2.05) is 27.0 Å². The number of piperidine rings is 1. The fourth-order valence-corrected chi connectivity index (χ4v) is 6.07. The summed E-state index contributed by atoms with van der Waals surface area (Å²) in [5.74, 6) is 1.15. The van der Waals surface area contributed by atoms with E-state index in [1.165, 1.54) is 12.1 Å². The van der Waals surface area contributed by atoms with Gasteiger partial charge in [0.05, 0.1) is 23.4 Å². The van der Waals surface area contributed by atoms with Gasteiger partial charge in [-0.25, -0.2) is 14.1 Å². The smallest absolute Gasteiger partial charge is 0.223 e. The summed E-state index contributed by atoms with van der Waals surface area (Å²) in [4.78, 5) is 18.9. The molecule has 1 saturated heterocycles. The van der Waals surface area contributed by atoms with Crippen molar-refractivity contribution in [2.75, 3.05) is 6.54 Å². The van der Waals surface area contributed by atoms with Crippen molar-refractivity contribution in [3.05, 3.63) is 76.5 Å². The molecule has 1 aliphatic carbocycles. The second kappa shape index (κ2) is 9.93. The lowest BCUT2D eigenvalue weighted by Gasteiger charge is -2.45. The number of allylic oxidation sites excluding steroid dienone is 3. The van der Waals surface area contributed by atoms with E-state index in [0.717, 1.165) is 40.4 Å². The van der Waals surface area contributed by atoms with Crippen molar-refractivity contribution in [1.82, 2.24) is 25.0 Å². The molecule has 9 heteroatoms. The van der Waals surface area contributed by atoms with Crippen LogP contribution in [0.2, 0.25) is 0 Å². The van der Waals surface area contributed by atoms with Crippen LogP contribution in [-0.4, -0.2) is 48.9 Å². The predicted molar refractivity (Wildman–Crippen MR) is 146 cm³/mol. The molecule has 208 valence electrons. The highest BCUT2D eigenvalue weighted by molar-refractivity contribution is 5.77. The minimum Gasteiger partial charge on any atom is -0.487 e. The number of rotatable bonds is 6. The molecule has 1 unspecified atom stereocenters. The van der Waals surface area contributed by atoms with Gasteiger partial charge in [-0.15, -0.1) is 0 Å². The van der Waals surface area contributed by atoms with Gasteiger partial charge in [0.15, 0.2) is 5.82 Å². The summed E-state index contributed by atoms with van der Waals surface area (Å²) in [6, 6.07) is 2.58. The molecule has 0 saturated carbocycles. The maximum absolute atomic E-state index is 14.6. The van der Waals surface area contributed by atoms with E-state index in [1.54, 1.807) is 15.9 Å². The number of amides is 1. The summed E-state index contributed by atoms with van der Waals surface area (Å²) in [7, 11) is 1.90. The number of fused-ring (bicyclic) bond motifs is 1. The third kappa shape index (κ3) is 5.00. The molecule has 2 aliphatic heterocycles. The second-order valence-corrected chi connectivity index (χ2v) is 11.8. The molecule has 0 radical (unpaired) electrons. The number of benzene rings is 1. The summed E-state index contributed by atoms with van der Waals surface area (Å²) in [5.41, 5.74) is 3.60. The maximum atomic E-state index is 14.6. The van der Waals surface area contributed by atoms with Crippen molar-refractivity contribution < 1.29 is 19.0 Å². The molecule has 2 aromatic rings. The van der Waals surface area contributed by atoms with Crippen LogP contribution >= 0.6 is 0 Å². The first kappa shape index (κ1) is 27.1. The molecular formula is C30H38FN5O3. The molecule has 3 atom stereocenters. The lowest BCUT2D eigenvalue weighted by molar-refractivity contribution is -0.139. The van der Waals surface area contributed by atoms with Gasteiger partial charge in [0.2, 0.25) is 5.91 Å². The van der Waals surface area contributed by atoms with Crippen LogP contribution in [0.15, 0.2) is 48.1 Å². The maximum Gasteiger partial charge on any atom is 0.223 e. The molecular weight excluding hydrogens is 497 g/mol. The first-order chi connectivity index (χ1) is 18.4. The molecule has 2 N–H and O–H groups in total. The highest BCUT2D eigenvalue weighted by atomic mass is 19.1. The van der Waals surface area contributed by atoms with Gasteiger partial charge in [-0.05, 0) is 82.4 Å². The van der Waals surface area contributed by atoms with Crippen LogP contribution in [0.25, 0.3) is 5.57 Å². The fraction of sp³-hybridized carbons (Fsp3) is 0.500. The molecule has 1 fully saturated rings. The van der Waals surface area contributed by atoms with Crippen LogP contribution in [0, 0.1) is 18.2 Å². The highest BCUT2D eigenvalue weighted by Crippen LogP contribution is 2.50. The average molecular weight is 536 g/mol. The van der Waals surface area contributed by atoms with Crippen LogP contribution in [0.1, 0.15) is 75.5 Å². The standard InChI is InChI=1S/C30H38FN5O3/c1-18-12-20(31)13-22(19(2)36-15-21(37)9-10-26(36)38)23(18)16-39-25-8-7-11-30(5)24(28-32-17-33-35(28)6)14-29(3,4)34-27(25)30/h7-8,12-14,17,19,21,34,37H,9-11,15-16H2,1-6H3/t19-,21-,30?/m0/s1. The SMILES string of the molecule is Cc1cc(F)cc([C@H](C)N2C[C@@H](O)CCC2=O)c1COC1=C2NC(C)(C)C=C(c3ncnn3C)C2(C)CC=C1. The molecule has 1 aromatic carbocycles. The number of aromatic nitrogens is 3. The molecule has 3 heterocycles. The van der Waals surface area contributed by atoms with E-state index in [2.05, 4.69) is 48.3 Å². The summed E-state index contributed by atoms with van der Waals surface area (Å²) in [6.45, 7) is 10.6. The third-order valence-electron chi connectivity index (χ3n) is 8.27. The first-order valence-corrected chi connectivity index (χ1v) is 13.6. The van der Waals surface area contributed by atoms with Crippen molar-refractivity contribution in [3.8, 4) is 0 Å². The normalized spacial score (nSPS) is 25.2. The van der Waals surface area contributed by atoms with E-state index in [-0.39, 0.29) is 36.8 Å². The molecule has 8 nitrogen and oxygen atoms in total. The van der Waals surface area contributed by atoms with Crippen molar-refractivity contribution in [2.24, 2.45) is 12.5 Å². The Morgan fingerprint density at radius 3 is 2.79 bits per heavy atom. The van der Waals surface area contributed by atoms with Gasteiger partial charge in [0.25, 0.3) is 0 Å². The number of carbonyl (C=O) groups excluding carboxylic acids is 1. The number of nitrogens with zero attached hydrogens (tertiary/aromatic N) is 4. The van der Waals surface area contributed by atoms with Crippen LogP contribution in [0.4, 0.5) is 4.39 Å². The van der Waals surface area contributed by atoms with E-state index in [0.29, 0.717) is 12.0 Å². The number of nitrogens with one attached hydrogen (secondary N) is 1. The first-order valence-electron chi connectivity index (χ1n) is 13.6. The summed E-state index contributed by atoms with van der Waals surface area (Å²) in [5, 5.41) is 18.2. The van der Waals surface area contributed by atoms with Crippen molar-refractivity contribution in [3.63, 3.8) is 0 Å². The predicted octanol–water partition coefficient (Wildman–Crippen LogP) is 4.47. The number of aliphatic hydroxyl groups excluding tert-OH is 1. The van der Waals surface area contributed by atoms with Crippen molar-refractivity contribution in [1.29, 1.82) is 0 Å². The molecule has 1 aromatic heterocycles. The van der Waals surface area contributed by atoms with Gasteiger partial charge in [-0.3, -0.25) is 4.79 Å². The topological polar surface area (TPSA) is 92.5 Å². The van der Waals surface area contributed by atoms with Crippen LogP contribution in [-0.2, 0) is 23.2 Å². The minimum absolute atomic E-state index is 0.0331. The number of aryl methyl sites for hydroxylation is 2. The highest BCUT2D eigenvalue weighted by Gasteiger charge is 2.45. The Morgan fingerprint density at radius 1 is 1.31 bits per heavy atom. The van der Waals surface area contributed by atoms with E-state index < -0.39 is 17.6 Å². The van der Waals surface area contributed by atoms with E-state index in [9.17, 15) is 14.3 Å². The number of halogens is 1. The number of likely N-dealkylation sites (tertiary alicyclic amines) is 1. The average Bonchev–Trinajstić information content (AvgIpc) is 3.29. The lowest BCUT2D eigenvalue weighted by atomic mass is 9.68. The molecule has 0 spiro atoms. The summed E-state index contributed by atoms with van der Waals surface area (Å²) < 4.78 is 22.9. The van der Waals surface area contributed by atoms with E-state index >= 15 is 0 Å². The van der Waals surface area contributed by atoms with E-state index in [4.69, 9.17) is 4.74 Å². The monoisotopic (exact) mass is 535 g/mol. The molecule has 0 bridgehead atoms. The van der Waals surface area contributed by atoms with Crippen molar-refractivity contribution >= 4 is 11.5 Å². The number of hydrogen-bond acceptors (Lipinski definition) is 6. The molecule has 5 rings (SSSR count). The zero-order chi connectivity index (χ0) is 28.1. The molecule has 1 amide bonds. The lowest BCUT2D eigenvalue weighted by Crippen LogP contribution is -2.48. The Hall–Kier alpha value is -3.46. The Labute approximate surface area is 229 Å². The number of hydrogen-bond donors (Lipinski definition) is 2. The number of β-amino-alcohol motifs (C(OH)–C–C–N with tert-alkyl or cyclic N) is 1. The fourth-order valence-electron chi connectivity index (χ4n) is 6.07. The Kier molecular flexibility index (Phi) is 6.91. The van der Waals surface area contributed by atoms with Gasteiger partial charge in [0, 0.05) is 31.0 Å². The summed E-state index contributed by atoms with van der Waals surface area (Å²) >= 11 is 0. The minimum atomic E-state index is -0.576. The van der Waals surface area contributed by atoms with Crippen LogP contribution in [0.3, 0.4) is 0 Å². The third-order valence-corrected chi connectivity index (χ3v) is 8.27. The number of ether oxygens (including phenoxy) is 1. The Balaban J connectivity index is 1.50. The van der Waals surface area contributed by atoms with Crippen molar-refractivity contribution in [2.45, 2.75) is 78.2 Å². The number of carbonyl (C=O) groups is 1. The molecule has 3 aliphatic rings. The Morgan fingerprint density at radius 2 is 2.08 bits per heavy atom. The second-order valence-electron chi connectivity index (χ2n) is 11.8. The zero-order valence-corrected chi connectivity index (χ0v) is 23.6. The van der Waals surface area contributed by atoms with Gasteiger partial charge in [-0.1, -0.05) is 12.2 Å². The Bertz CT molecular complexity index is 1390. The summed E-state index contributed by atoms with van der Waals surface area (Å²) in [6.07, 6.45) is 8.82. The molecule has 39 heavy (non-hydrogen) atoms. The number of aliphatic hydroxyl groups is 1. The largest absolute Gasteiger partial charge is 0.487 e. The van der Waals surface area contributed by atoms with Gasteiger partial charge < -0.3 is 20.1 Å².